The van der Waals surface area contributed by atoms with Gasteiger partial charge in [-0.1, -0.05) is 0 Å². The van der Waals surface area contributed by atoms with Crippen molar-refractivity contribution in [3.63, 3.8) is 0 Å². The van der Waals surface area contributed by atoms with Crippen molar-refractivity contribution in [1.82, 2.24) is 19.7 Å². The predicted molar refractivity (Wildman–Crippen MR) is 95.3 cm³/mol. The molecule has 1 amide bonds. The molecule has 0 aliphatic carbocycles. The van der Waals surface area contributed by atoms with Gasteiger partial charge in [0.05, 0.1) is 6.54 Å². The van der Waals surface area contributed by atoms with Crippen molar-refractivity contribution < 1.29 is 35.5 Å². The van der Waals surface area contributed by atoms with Crippen LogP contribution in [0.3, 0.4) is 0 Å². The highest BCUT2D eigenvalue weighted by Crippen LogP contribution is 2.43. The van der Waals surface area contributed by atoms with Crippen LogP contribution >= 0.6 is 12.4 Å². The van der Waals surface area contributed by atoms with E-state index in [0.29, 0.717) is 4.57 Å². The van der Waals surface area contributed by atoms with Gasteiger partial charge in [0.25, 0.3) is 0 Å². The highest BCUT2D eigenvalue weighted by molar-refractivity contribution is 5.85. The molecule has 2 heterocycles. The second-order valence-corrected chi connectivity index (χ2v) is 6.88. The Labute approximate surface area is 177 Å². The number of hydrogen-bond acceptors (Lipinski definition) is 4. The lowest BCUT2D eigenvalue weighted by atomic mass is 10.0. The van der Waals surface area contributed by atoms with Crippen LogP contribution in [0.4, 0.5) is 30.7 Å². The van der Waals surface area contributed by atoms with Gasteiger partial charge < -0.3 is 15.2 Å². The molecule has 0 radical (unpaired) electrons. The second kappa shape index (κ2) is 8.99. The maximum atomic E-state index is 13.7. The molecule has 6 nitrogen and oxygen atoms in total. The topological polar surface area (TPSA) is 77.0 Å². The summed E-state index contributed by atoms with van der Waals surface area (Å²) in [6.45, 7) is -0.852. The molecule has 0 saturated heterocycles. The molecular formula is C17H17ClF7N5O. The van der Waals surface area contributed by atoms with Crippen molar-refractivity contribution in [2.75, 3.05) is 6.54 Å². The standard InChI is InChI=1S/C17H16F7N5O.ClH/c18-10-1-2-12(19)9(5-10)6-11(25)7-14(30)28-3-4-29-13(8-28)26-27-15(29)16(20,21)17(22,23)24;/h1-2,5,11H,3-4,6-8,25H2;1H/t11-;/m1./s1. The van der Waals surface area contributed by atoms with E-state index in [-0.39, 0.29) is 56.3 Å². The molecule has 0 unspecified atom stereocenters. The number of benzene rings is 1. The monoisotopic (exact) mass is 475 g/mol. The third kappa shape index (κ3) is 5.09. The van der Waals surface area contributed by atoms with Gasteiger partial charge in [-0.15, -0.1) is 22.6 Å². The zero-order chi connectivity index (χ0) is 22.3. The zero-order valence-electron chi connectivity index (χ0n) is 15.7. The average Bonchev–Trinajstić information content (AvgIpc) is 3.07. The summed E-state index contributed by atoms with van der Waals surface area (Å²) in [6.07, 6.45) is -6.22. The number of halogens is 8. The van der Waals surface area contributed by atoms with Crippen LogP contribution in [0.15, 0.2) is 18.2 Å². The van der Waals surface area contributed by atoms with Crippen LogP contribution in [-0.4, -0.2) is 44.3 Å². The molecule has 3 rings (SSSR count). The van der Waals surface area contributed by atoms with Gasteiger partial charge >= 0.3 is 12.1 Å². The molecule has 1 atom stereocenters. The van der Waals surface area contributed by atoms with Crippen molar-refractivity contribution in [3.8, 4) is 0 Å². The number of fused-ring (bicyclic) bond motifs is 1. The van der Waals surface area contributed by atoms with Gasteiger partial charge in [-0.2, -0.15) is 22.0 Å². The Morgan fingerprint density at radius 2 is 1.81 bits per heavy atom. The summed E-state index contributed by atoms with van der Waals surface area (Å²) in [7, 11) is 0. The SMILES string of the molecule is Cl.N[C@@H](CC(=O)N1CCn2c(nnc2C(F)(F)C(F)(F)F)C1)Cc1cc(F)ccc1F. The Morgan fingerprint density at radius 3 is 2.45 bits per heavy atom. The normalized spacial score (nSPS) is 15.3. The molecule has 1 aliphatic rings. The first-order chi connectivity index (χ1) is 13.9. The summed E-state index contributed by atoms with van der Waals surface area (Å²) in [5.74, 6) is -8.80. The summed E-state index contributed by atoms with van der Waals surface area (Å²) < 4.78 is 92.5. The van der Waals surface area contributed by atoms with Gasteiger partial charge in [-0.25, -0.2) is 8.78 Å². The minimum Gasteiger partial charge on any atom is -0.333 e. The largest absolute Gasteiger partial charge is 0.461 e. The molecule has 1 aliphatic heterocycles. The minimum atomic E-state index is -5.83. The van der Waals surface area contributed by atoms with Crippen molar-refractivity contribution in [3.05, 3.63) is 47.0 Å². The summed E-state index contributed by atoms with van der Waals surface area (Å²) in [5.41, 5.74) is 5.84. The van der Waals surface area contributed by atoms with Crippen LogP contribution in [0.5, 0.6) is 0 Å². The third-order valence-electron chi connectivity index (χ3n) is 4.67. The minimum absolute atomic E-state index is 0. The van der Waals surface area contributed by atoms with Gasteiger partial charge in [0.1, 0.15) is 11.6 Å². The third-order valence-corrected chi connectivity index (χ3v) is 4.67. The van der Waals surface area contributed by atoms with E-state index >= 15 is 0 Å². The van der Waals surface area contributed by atoms with Crippen molar-refractivity contribution >= 4 is 18.3 Å². The maximum absolute atomic E-state index is 13.7. The van der Waals surface area contributed by atoms with Gasteiger partial charge in [-0.05, 0) is 30.2 Å². The number of nitrogens with zero attached hydrogens (tertiary/aromatic N) is 4. The molecule has 0 saturated carbocycles. The molecule has 2 aromatic rings. The number of alkyl halides is 5. The molecular weight excluding hydrogens is 459 g/mol. The van der Waals surface area contributed by atoms with Crippen LogP contribution in [0.25, 0.3) is 0 Å². The predicted octanol–water partition coefficient (Wildman–Crippen LogP) is 2.93. The van der Waals surface area contributed by atoms with Gasteiger partial charge in [0, 0.05) is 25.6 Å². The van der Waals surface area contributed by atoms with Crippen molar-refractivity contribution in [1.29, 1.82) is 0 Å². The highest BCUT2D eigenvalue weighted by Gasteiger charge is 2.62. The lowest BCUT2D eigenvalue weighted by Gasteiger charge is -2.30. The summed E-state index contributed by atoms with van der Waals surface area (Å²) in [6, 6.07) is 1.98. The van der Waals surface area contributed by atoms with Gasteiger partial charge in [0.15, 0.2) is 5.82 Å². The van der Waals surface area contributed by atoms with Gasteiger partial charge in [-0.3, -0.25) is 4.79 Å². The molecule has 2 N–H and O–H groups in total. The molecule has 14 heteroatoms. The van der Waals surface area contributed by atoms with E-state index in [2.05, 4.69) is 10.2 Å². The van der Waals surface area contributed by atoms with Crippen molar-refractivity contribution in [2.45, 2.75) is 44.1 Å². The van der Waals surface area contributed by atoms with E-state index in [1.807, 2.05) is 0 Å². The number of carbonyl (C=O) groups is 1. The molecule has 0 spiro atoms. The Hall–Kier alpha value is -2.41. The van der Waals surface area contributed by atoms with E-state index in [4.69, 9.17) is 5.73 Å². The van der Waals surface area contributed by atoms with E-state index < -0.39 is 41.5 Å². The fourth-order valence-electron chi connectivity index (χ4n) is 3.14. The maximum Gasteiger partial charge on any atom is 0.461 e. The quantitative estimate of drug-likeness (QED) is 0.675. The Bertz CT molecular complexity index is 949. The molecule has 172 valence electrons. The highest BCUT2D eigenvalue weighted by atomic mass is 35.5. The molecule has 1 aromatic carbocycles. The summed E-state index contributed by atoms with van der Waals surface area (Å²) in [5, 5.41) is 6.32. The number of aromatic nitrogens is 3. The first kappa shape index (κ1) is 24.9. The van der Waals surface area contributed by atoms with Crippen LogP contribution in [0, 0.1) is 11.6 Å². The Morgan fingerprint density at radius 1 is 1.13 bits per heavy atom. The Kier molecular flexibility index (Phi) is 7.21. The van der Waals surface area contributed by atoms with Crippen molar-refractivity contribution in [2.24, 2.45) is 5.73 Å². The van der Waals surface area contributed by atoms with E-state index in [1.165, 1.54) is 4.90 Å². The number of carbonyl (C=O) groups excluding carboxylic acids is 1. The fourth-order valence-corrected chi connectivity index (χ4v) is 3.14. The van der Waals surface area contributed by atoms with Crippen LogP contribution in [-0.2, 0) is 30.2 Å². The molecule has 1 aromatic heterocycles. The van der Waals surface area contributed by atoms with E-state index in [0.717, 1.165) is 18.2 Å². The fraction of sp³-hybridized carbons (Fsp3) is 0.471. The van der Waals surface area contributed by atoms with Crippen LogP contribution in [0.2, 0.25) is 0 Å². The lowest BCUT2D eigenvalue weighted by Crippen LogP contribution is -2.43. The average molecular weight is 476 g/mol. The number of nitrogens with two attached hydrogens (primary N) is 1. The second-order valence-electron chi connectivity index (χ2n) is 6.88. The number of rotatable bonds is 5. The molecule has 0 bridgehead atoms. The smallest absolute Gasteiger partial charge is 0.333 e. The van der Waals surface area contributed by atoms with E-state index in [1.54, 1.807) is 0 Å². The Balaban J connectivity index is 0.00000341. The van der Waals surface area contributed by atoms with Crippen LogP contribution in [0.1, 0.15) is 23.6 Å². The zero-order valence-corrected chi connectivity index (χ0v) is 16.5. The van der Waals surface area contributed by atoms with E-state index in [9.17, 15) is 35.5 Å². The summed E-state index contributed by atoms with van der Waals surface area (Å²) in [4.78, 5) is 13.6. The number of amides is 1. The van der Waals surface area contributed by atoms with Gasteiger partial charge in [0.2, 0.25) is 11.7 Å². The molecule has 31 heavy (non-hydrogen) atoms. The summed E-state index contributed by atoms with van der Waals surface area (Å²) >= 11 is 0. The molecule has 0 fully saturated rings. The van der Waals surface area contributed by atoms with Crippen LogP contribution < -0.4 is 5.73 Å². The number of hydrogen-bond donors (Lipinski definition) is 1. The first-order valence-electron chi connectivity index (χ1n) is 8.74. The lowest BCUT2D eigenvalue weighted by molar-refractivity contribution is -0.293. The first-order valence-corrected chi connectivity index (χ1v) is 8.74.